The maximum absolute atomic E-state index is 12.6. The predicted octanol–water partition coefficient (Wildman–Crippen LogP) is 4.78. The first-order valence-electron chi connectivity index (χ1n) is 9.92. The van der Waals surface area contributed by atoms with Gasteiger partial charge in [0.25, 0.3) is 5.91 Å². The first kappa shape index (κ1) is 20.3. The van der Waals surface area contributed by atoms with Crippen molar-refractivity contribution in [1.82, 2.24) is 0 Å². The van der Waals surface area contributed by atoms with Gasteiger partial charge in [-0.25, -0.2) is 0 Å². The summed E-state index contributed by atoms with van der Waals surface area (Å²) >= 11 is 0. The first-order chi connectivity index (χ1) is 14.9. The van der Waals surface area contributed by atoms with Crippen molar-refractivity contribution in [3.05, 3.63) is 100 Å². The summed E-state index contributed by atoms with van der Waals surface area (Å²) < 4.78 is 5.60. The van der Waals surface area contributed by atoms with Gasteiger partial charge >= 0.3 is 0 Å². The average Bonchev–Trinajstić information content (AvgIpc) is 3.00. The molecule has 0 bridgehead atoms. The Morgan fingerprint density at radius 3 is 2.26 bits per heavy atom. The molecule has 1 aliphatic carbocycles. The van der Waals surface area contributed by atoms with Crippen LogP contribution in [-0.4, -0.2) is 24.1 Å². The summed E-state index contributed by atoms with van der Waals surface area (Å²) in [5.74, 6) is -0.358. The highest BCUT2D eigenvalue weighted by atomic mass is 16.5. The molecule has 31 heavy (non-hydrogen) atoms. The molecule has 0 heterocycles. The Bertz CT molecular complexity index is 1200. The van der Waals surface area contributed by atoms with Crippen molar-refractivity contribution in [1.29, 1.82) is 0 Å². The Labute approximate surface area is 180 Å². The Balaban J connectivity index is 1.44. The standard InChI is InChI=1S/C26H21NO4/c1-16-10-11-19(12-17(16)2)27-24(28)15-31-20-7-5-6-18(13-20)14-23-25(29)21-8-3-4-9-22(21)26(23)30/h3-14H,15H2,1-2H3,(H,27,28). The number of allylic oxidation sites excluding steroid dienone is 1. The molecule has 1 N–H and O–H groups in total. The third-order valence-corrected chi connectivity index (χ3v) is 5.24. The molecule has 0 saturated carbocycles. The van der Waals surface area contributed by atoms with Gasteiger partial charge in [-0.15, -0.1) is 0 Å². The maximum atomic E-state index is 12.6. The number of nitrogens with one attached hydrogen (secondary N) is 1. The number of Topliss-reactive ketones (excluding diaryl/α,β-unsaturated/α-hetero) is 2. The number of ether oxygens (including phenoxy) is 1. The Morgan fingerprint density at radius 2 is 1.58 bits per heavy atom. The minimum atomic E-state index is -0.278. The molecule has 0 unspecified atom stereocenters. The van der Waals surface area contributed by atoms with Gasteiger partial charge in [0, 0.05) is 16.8 Å². The zero-order chi connectivity index (χ0) is 22.0. The smallest absolute Gasteiger partial charge is 0.262 e. The van der Waals surface area contributed by atoms with E-state index in [0.29, 0.717) is 28.1 Å². The number of aryl methyl sites for hydroxylation is 2. The van der Waals surface area contributed by atoms with Crippen molar-refractivity contribution in [2.24, 2.45) is 0 Å². The lowest BCUT2D eigenvalue weighted by atomic mass is 10.1. The molecule has 0 radical (unpaired) electrons. The normalized spacial score (nSPS) is 12.5. The van der Waals surface area contributed by atoms with E-state index in [-0.39, 0.29) is 29.7 Å². The molecule has 1 amide bonds. The largest absolute Gasteiger partial charge is 0.484 e. The number of ketones is 2. The number of rotatable bonds is 5. The third-order valence-electron chi connectivity index (χ3n) is 5.24. The van der Waals surface area contributed by atoms with Crippen LogP contribution < -0.4 is 10.1 Å². The Morgan fingerprint density at radius 1 is 0.871 bits per heavy atom. The molecule has 0 aliphatic heterocycles. The van der Waals surface area contributed by atoms with E-state index in [0.717, 1.165) is 11.1 Å². The molecule has 5 nitrogen and oxygen atoms in total. The molecule has 154 valence electrons. The van der Waals surface area contributed by atoms with Gasteiger partial charge in [0.1, 0.15) is 5.75 Å². The van der Waals surface area contributed by atoms with Crippen LogP contribution in [0, 0.1) is 13.8 Å². The summed E-state index contributed by atoms with van der Waals surface area (Å²) in [5.41, 5.74) is 4.60. The van der Waals surface area contributed by atoms with Gasteiger partial charge in [0.05, 0.1) is 5.57 Å². The fourth-order valence-electron chi connectivity index (χ4n) is 3.43. The van der Waals surface area contributed by atoms with Gasteiger partial charge in [-0.1, -0.05) is 42.5 Å². The topological polar surface area (TPSA) is 72.5 Å². The summed E-state index contributed by atoms with van der Waals surface area (Å²) in [4.78, 5) is 37.3. The zero-order valence-corrected chi connectivity index (χ0v) is 17.3. The van der Waals surface area contributed by atoms with Gasteiger partial charge in [0.2, 0.25) is 0 Å². The number of benzene rings is 3. The van der Waals surface area contributed by atoms with Gasteiger partial charge in [0.15, 0.2) is 18.2 Å². The summed E-state index contributed by atoms with van der Waals surface area (Å²) in [6.07, 6.45) is 1.56. The van der Waals surface area contributed by atoms with E-state index >= 15 is 0 Å². The number of amides is 1. The minimum absolute atomic E-state index is 0.130. The molecule has 3 aromatic rings. The SMILES string of the molecule is Cc1ccc(NC(=O)COc2cccc(C=C3C(=O)c4ccccc4C3=O)c2)cc1C. The van der Waals surface area contributed by atoms with Crippen LogP contribution in [0.3, 0.4) is 0 Å². The fourth-order valence-corrected chi connectivity index (χ4v) is 3.43. The lowest BCUT2D eigenvalue weighted by Gasteiger charge is -2.09. The van der Waals surface area contributed by atoms with Crippen molar-refractivity contribution < 1.29 is 19.1 Å². The number of anilines is 1. The van der Waals surface area contributed by atoms with E-state index in [4.69, 9.17) is 4.74 Å². The van der Waals surface area contributed by atoms with Crippen molar-refractivity contribution >= 4 is 29.2 Å². The van der Waals surface area contributed by atoms with Crippen LogP contribution in [0.2, 0.25) is 0 Å². The van der Waals surface area contributed by atoms with Crippen molar-refractivity contribution in [3.8, 4) is 5.75 Å². The number of carbonyl (C=O) groups is 3. The monoisotopic (exact) mass is 411 g/mol. The second-order valence-electron chi connectivity index (χ2n) is 7.47. The molecule has 0 atom stereocenters. The lowest BCUT2D eigenvalue weighted by molar-refractivity contribution is -0.118. The first-order valence-corrected chi connectivity index (χ1v) is 9.92. The fraction of sp³-hybridized carbons (Fsp3) is 0.115. The Kier molecular flexibility index (Phi) is 5.50. The van der Waals surface area contributed by atoms with Crippen LogP contribution in [0.15, 0.2) is 72.3 Å². The van der Waals surface area contributed by atoms with E-state index < -0.39 is 0 Å². The van der Waals surface area contributed by atoms with E-state index in [2.05, 4.69) is 5.32 Å². The molecule has 0 spiro atoms. The van der Waals surface area contributed by atoms with Crippen LogP contribution in [0.4, 0.5) is 5.69 Å². The summed E-state index contributed by atoms with van der Waals surface area (Å²) in [7, 11) is 0. The van der Waals surface area contributed by atoms with Gasteiger partial charge in [-0.2, -0.15) is 0 Å². The Hall–Kier alpha value is -3.99. The van der Waals surface area contributed by atoms with E-state index in [1.807, 2.05) is 32.0 Å². The lowest BCUT2D eigenvalue weighted by Crippen LogP contribution is -2.20. The molecule has 0 saturated heterocycles. The van der Waals surface area contributed by atoms with Crippen LogP contribution in [-0.2, 0) is 4.79 Å². The highest BCUT2D eigenvalue weighted by molar-refractivity contribution is 6.41. The van der Waals surface area contributed by atoms with E-state index in [1.165, 1.54) is 0 Å². The van der Waals surface area contributed by atoms with Gasteiger partial charge in [-0.05, 0) is 60.9 Å². The summed E-state index contributed by atoms with van der Waals surface area (Å²) in [5, 5.41) is 2.81. The highest BCUT2D eigenvalue weighted by Gasteiger charge is 2.32. The second kappa shape index (κ2) is 8.40. The van der Waals surface area contributed by atoms with Crippen molar-refractivity contribution in [2.45, 2.75) is 13.8 Å². The molecule has 1 aliphatic rings. The zero-order valence-electron chi connectivity index (χ0n) is 17.3. The van der Waals surface area contributed by atoms with Crippen molar-refractivity contribution in [2.75, 3.05) is 11.9 Å². The maximum Gasteiger partial charge on any atom is 0.262 e. The molecular formula is C26H21NO4. The molecule has 5 heteroatoms. The van der Waals surface area contributed by atoms with Gasteiger partial charge < -0.3 is 10.1 Å². The molecule has 4 rings (SSSR count). The van der Waals surface area contributed by atoms with Crippen LogP contribution in [0.5, 0.6) is 5.75 Å². The number of fused-ring (bicyclic) bond motifs is 1. The quantitative estimate of drug-likeness (QED) is 0.484. The van der Waals surface area contributed by atoms with Gasteiger partial charge in [-0.3, -0.25) is 14.4 Å². The minimum Gasteiger partial charge on any atom is -0.484 e. The van der Waals surface area contributed by atoms with E-state index in [9.17, 15) is 14.4 Å². The molecular weight excluding hydrogens is 390 g/mol. The molecule has 0 fully saturated rings. The molecule has 3 aromatic carbocycles. The summed E-state index contributed by atoms with van der Waals surface area (Å²) in [6, 6.07) is 19.4. The van der Waals surface area contributed by atoms with Crippen LogP contribution in [0.1, 0.15) is 37.4 Å². The number of carbonyl (C=O) groups excluding carboxylic acids is 3. The van der Waals surface area contributed by atoms with Crippen LogP contribution >= 0.6 is 0 Å². The number of hydrogen-bond donors (Lipinski definition) is 1. The number of hydrogen-bond acceptors (Lipinski definition) is 4. The van der Waals surface area contributed by atoms with E-state index in [1.54, 1.807) is 54.6 Å². The highest BCUT2D eigenvalue weighted by Crippen LogP contribution is 2.28. The third kappa shape index (κ3) is 4.31. The molecule has 0 aromatic heterocycles. The average molecular weight is 411 g/mol. The predicted molar refractivity (Wildman–Crippen MR) is 120 cm³/mol. The summed E-state index contributed by atoms with van der Waals surface area (Å²) in [6.45, 7) is 3.84. The van der Waals surface area contributed by atoms with Crippen molar-refractivity contribution in [3.63, 3.8) is 0 Å². The van der Waals surface area contributed by atoms with Crippen LogP contribution in [0.25, 0.3) is 6.08 Å². The second-order valence-corrected chi connectivity index (χ2v) is 7.47.